The Balaban J connectivity index is 1.16. The standard InChI is InChI=1S/C34H33ClN4O3S/c1-23-20-26(24(2)39(23)29-12-14-30(15-13-29)42-22-25-6-4-5-7-31(25)35)21-32-33(40)37(3)34(43-32)36-27-8-10-28(11-9-27)38-16-18-41-19-17-38/h4-15,20-21H,16-19,22H2,1-3H3/b32-21-,36-34?. The second-order valence-corrected chi connectivity index (χ2v) is 11.9. The van der Waals surface area contributed by atoms with Crippen molar-refractivity contribution in [3.63, 3.8) is 0 Å². The van der Waals surface area contributed by atoms with Crippen LogP contribution in [0.25, 0.3) is 11.8 Å². The second kappa shape index (κ2) is 12.7. The van der Waals surface area contributed by atoms with E-state index in [1.165, 1.54) is 11.8 Å². The highest BCUT2D eigenvalue weighted by Gasteiger charge is 2.31. The summed E-state index contributed by atoms with van der Waals surface area (Å²) in [7, 11) is 1.77. The Kier molecular flexibility index (Phi) is 8.61. The van der Waals surface area contributed by atoms with E-state index in [0.29, 0.717) is 21.7 Å². The topological polar surface area (TPSA) is 59.3 Å². The van der Waals surface area contributed by atoms with Gasteiger partial charge in [-0.25, -0.2) is 4.99 Å². The molecule has 0 spiro atoms. The fraction of sp³-hybridized carbons (Fsp3) is 0.235. The van der Waals surface area contributed by atoms with Gasteiger partial charge in [0, 0.05) is 53.5 Å². The third-order valence-electron chi connectivity index (χ3n) is 7.66. The van der Waals surface area contributed by atoms with Crippen LogP contribution >= 0.6 is 23.4 Å². The lowest BCUT2D eigenvalue weighted by Gasteiger charge is -2.28. The average Bonchev–Trinajstić information content (AvgIpc) is 3.46. The molecule has 1 amide bonds. The molecular weight excluding hydrogens is 580 g/mol. The minimum atomic E-state index is -0.0569. The first-order valence-corrected chi connectivity index (χ1v) is 15.4. The molecule has 0 radical (unpaired) electrons. The van der Waals surface area contributed by atoms with Gasteiger partial charge in [0.25, 0.3) is 5.91 Å². The molecule has 3 heterocycles. The van der Waals surface area contributed by atoms with Crippen LogP contribution in [-0.4, -0.2) is 53.9 Å². The van der Waals surface area contributed by atoms with Crippen LogP contribution in [0, 0.1) is 13.8 Å². The van der Waals surface area contributed by atoms with Gasteiger partial charge >= 0.3 is 0 Å². The van der Waals surface area contributed by atoms with Crippen LogP contribution in [0.3, 0.4) is 0 Å². The normalized spacial score (nSPS) is 17.3. The van der Waals surface area contributed by atoms with Crippen molar-refractivity contribution in [3.8, 4) is 11.4 Å². The van der Waals surface area contributed by atoms with Gasteiger partial charge in [-0.1, -0.05) is 29.8 Å². The average molecular weight is 613 g/mol. The summed E-state index contributed by atoms with van der Waals surface area (Å²) in [6.07, 6.45) is 1.97. The maximum atomic E-state index is 13.2. The summed E-state index contributed by atoms with van der Waals surface area (Å²) in [4.78, 5) is 22.5. The predicted molar refractivity (Wildman–Crippen MR) is 176 cm³/mol. The smallest absolute Gasteiger partial charge is 0.266 e. The molecule has 2 aliphatic heterocycles. The van der Waals surface area contributed by atoms with Crippen LogP contribution in [0.15, 0.2) is 88.8 Å². The number of rotatable bonds is 7. The van der Waals surface area contributed by atoms with Crippen molar-refractivity contribution in [1.82, 2.24) is 9.47 Å². The van der Waals surface area contributed by atoms with Gasteiger partial charge < -0.3 is 18.9 Å². The first-order valence-electron chi connectivity index (χ1n) is 14.2. The van der Waals surface area contributed by atoms with Crippen LogP contribution in [0.5, 0.6) is 5.75 Å². The molecule has 2 saturated heterocycles. The molecule has 0 bridgehead atoms. The zero-order valence-corrected chi connectivity index (χ0v) is 26.0. The number of benzene rings is 3. The Morgan fingerprint density at radius 2 is 1.67 bits per heavy atom. The molecular formula is C34H33ClN4O3S. The third-order valence-corrected chi connectivity index (χ3v) is 9.09. The summed E-state index contributed by atoms with van der Waals surface area (Å²) in [6.45, 7) is 7.82. The van der Waals surface area contributed by atoms with Crippen LogP contribution < -0.4 is 9.64 Å². The first-order chi connectivity index (χ1) is 20.9. The van der Waals surface area contributed by atoms with Crippen LogP contribution in [0.2, 0.25) is 5.02 Å². The maximum absolute atomic E-state index is 13.2. The number of amides is 1. The quantitative estimate of drug-likeness (QED) is 0.204. The van der Waals surface area contributed by atoms with Crippen LogP contribution in [-0.2, 0) is 16.1 Å². The monoisotopic (exact) mass is 612 g/mol. The highest BCUT2D eigenvalue weighted by atomic mass is 35.5. The Hall–Kier alpha value is -3.98. The van der Waals surface area contributed by atoms with E-state index in [0.717, 1.165) is 71.6 Å². The third kappa shape index (κ3) is 6.37. The minimum absolute atomic E-state index is 0.0569. The van der Waals surface area contributed by atoms with E-state index in [2.05, 4.69) is 41.5 Å². The summed E-state index contributed by atoms with van der Waals surface area (Å²) in [5.74, 6) is 0.713. The second-order valence-electron chi connectivity index (χ2n) is 10.5. The number of carbonyl (C=O) groups excluding carboxylic acids is 1. The SMILES string of the molecule is Cc1cc(/C=C2\SC(=Nc3ccc(N4CCOCC4)cc3)N(C)C2=O)c(C)n1-c1ccc(OCc2ccccc2Cl)cc1. The molecule has 7 nitrogen and oxygen atoms in total. The number of aliphatic imine (C=N–C) groups is 1. The molecule has 43 heavy (non-hydrogen) atoms. The summed E-state index contributed by atoms with van der Waals surface area (Å²) in [5.41, 5.74) is 7.07. The number of carbonyl (C=O) groups is 1. The van der Waals surface area contributed by atoms with Crippen molar-refractivity contribution in [2.45, 2.75) is 20.5 Å². The van der Waals surface area contributed by atoms with E-state index in [-0.39, 0.29) is 5.91 Å². The van der Waals surface area contributed by atoms with Crippen molar-refractivity contribution < 1.29 is 14.3 Å². The van der Waals surface area contributed by atoms with Gasteiger partial charge in [0.2, 0.25) is 0 Å². The summed E-state index contributed by atoms with van der Waals surface area (Å²) in [6, 6.07) is 26.0. The highest BCUT2D eigenvalue weighted by Crippen LogP contribution is 2.35. The number of halogens is 1. The number of aryl methyl sites for hydroxylation is 1. The zero-order valence-electron chi connectivity index (χ0n) is 24.4. The summed E-state index contributed by atoms with van der Waals surface area (Å²) >= 11 is 7.66. The fourth-order valence-electron chi connectivity index (χ4n) is 5.26. The van der Waals surface area contributed by atoms with E-state index in [4.69, 9.17) is 26.1 Å². The summed E-state index contributed by atoms with van der Waals surface area (Å²) in [5, 5.41) is 1.36. The zero-order chi connectivity index (χ0) is 29.9. The van der Waals surface area contributed by atoms with Crippen molar-refractivity contribution >= 4 is 51.9 Å². The highest BCUT2D eigenvalue weighted by molar-refractivity contribution is 8.18. The molecule has 0 aliphatic carbocycles. The van der Waals surface area contributed by atoms with E-state index in [1.54, 1.807) is 11.9 Å². The lowest BCUT2D eigenvalue weighted by atomic mass is 10.2. The lowest BCUT2D eigenvalue weighted by molar-refractivity contribution is -0.121. The number of hydrogen-bond acceptors (Lipinski definition) is 6. The van der Waals surface area contributed by atoms with E-state index in [1.807, 2.05) is 66.7 Å². The number of anilines is 1. The molecule has 3 aromatic carbocycles. The molecule has 2 fully saturated rings. The number of morpholine rings is 1. The van der Waals surface area contributed by atoms with E-state index in [9.17, 15) is 4.79 Å². The molecule has 2 aliphatic rings. The van der Waals surface area contributed by atoms with Crippen LogP contribution in [0.4, 0.5) is 11.4 Å². The molecule has 4 aromatic rings. The lowest BCUT2D eigenvalue weighted by Crippen LogP contribution is -2.36. The molecule has 0 saturated carbocycles. The number of aromatic nitrogens is 1. The van der Waals surface area contributed by atoms with Gasteiger partial charge in [-0.2, -0.15) is 0 Å². The number of ether oxygens (including phenoxy) is 2. The van der Waals surface area contributed by atoms with Crippen molar-refractivity contribution in [2.24, 2.45) is 4.99 Å². The number of amidine groups is 1. The van der Waals surface area contributed by atoms with E-state index >= 15 is 0 Å². The number of thioether (sulfide) groups is 1. The van der Waals surface area contributed by atoms with Crippen molar-refractivity contribution in [3.05, 3.63) is 111 Å². The number of nitrogens with zero attached hydrogens (tertiary/aromatic N) is 4. The number of likely N-dealkylation sites (N-methyl/N-ethyl adjacent to an activating group) is 1. The van der Waals surface area contributed by atoms with Crippen LogP contribution in [0.1, 0.15) is 22.5 Å². The first kappa shape index (κ1) is 29.1. The predicted octanol–water partition coefficient (Wildman–Crippen LogP) is 7.40. The van der Waals surface area contributed by atoms with Gasteiger partial charge in [0.05, 0.1) is 23.8 Å². The molecule has 0 N–H and O–H groups in total. The molecule has 1 aromatic heterocycles. The Bertz CT molecular complexity index is 1690. The Morgan fingerprint density at radius 3 is 2.40 bits per heavy atom. The molecule has 9 heteroatoms. The van der Waals surface area contributed by atoms with Gasteiger partial charge in [-0.15, -0.1) is 0 Å². The van der Waals surface area contributed by atoms with Gasteiger partial charge in [0.1, 0.15) is 12.4 Å². The minimum Gasteiger partial charge on any atom is -0.489 e. The van der Waals surface area contributed by atoms with Crippen molar-refractivity contribution in [2.75, 3.05) is 38.3 Å². The molecule has 6 rings (SSSR count). The van der Waals surface area contributed by atoms with Gasteiger partial charge in [-0.3, -0.25) is 9.69 Å². The summed E-state index contributed by atoms with van der Waals surface area (Å²) < 4.78 is 13.6. The fourth-order valence-corrected chi connectivity index (χ4v) is 6.43. The molecule has 220 valence electrons. The largest absolute Gasteiger partial charge is 0.489 e. The Labute approximate surface area is 261 Å². The van der Waals surface area contributed by atoms with Crippen molar-refractivity contribution in [1.29, 1.82) is 0 Å². The molecule has 0 unspecified atom stereocenters. The maximum Gasteiger partial charge on any atom is 0.266 e. The Morgan fingerprint density at radius 1 is 0.977 bits per heavy atom. The van der Waals surface area contributed by atoms with E-state index < -0.39 is 0 Å². The molecule has 0 atom stereocenters. The van der Waals surface area contributed by atoms with Gasteiger partial charge in [0.15, 0.2) is 5.17 Å². The van der Waals surface area contributed by atoms with Gasteiger partial charge in [-0.05, 0) is 97.9 Å². The number of hydrogen-bond donors (Lipinski definition) is 0.